The van der Waals surface area contributed by atoms with Crippen molar-refractivity contribution in [3.63, 3.8) is 0 Å². The summed E-state index contributed by atoms with van der Waals surface area (Å²) in [5, 5.41) is 3.48. The van der Waals surface area contributed by atoms with Gasteiger partial charge in [0.2, 0.25) is 0 Å². The molecule has 1 unspecified atom stereocenters. The third kappa shape index (κ3) is 4.80. The van der Waals surface area contributed by atoms with Gasteiger partial charge in [0.1, 0.15) is 5.75 Å². The zero-order valence-electron chi connectivity index (χ0n) is 11.9. The first-order chi connectivity index (χ1) is 10.2. The number of nitrogens with one attached hydrogen (secondary N) is 1. The fourth-order valence-corrected chi connectivity index (χ4v) is 2.11. The van der Waals surface area contributed by atoms with Crippen molar-refractivity contribution in [1.29, 1.82) is 0 Å². The van der Waals surface area contributed by atoms with E-state index in [9.17, 15) is 4.79 Å². The Bertz CT molecular complexity index is 586. The number of ether oxygens (including phenoxy) is 1. The second-order valence-electron chi connectivity index (χ2n) is 4.68. The van der Waals surface area contributed by atoms with Crippen molar-refractivity contribution in [2.45, 2.75) is 26.0 Å². The number of halogens is 1. The summed E-state index contributed by atoms with van der Waals surface area (Å²) >= 11 is 5.91. The topological polar surface area (TPSA) is 38.3 Å². The molecule has 0 saturated carbocycles. The summed E-state index contributed by atoms with van der Waals surface area (Å²) in [7, 11) is 0. The van der Waals surface area contributed by atoms with Gasteiger partial charge in [0.05, 0.1) is 0 Å². The minimum Gasteiger partial charge on any atom is -0.481 e. The van der Waals surface area contributed by atoms with Crippen molar-refractivity contribution < 1.29 is 9.53 Å². The Kier molecular flexibility index (Phi) is 5.64. The van der Waals surface area contributed by atoms with E-state index in [1.807, 2.05) is 37.3 Å². The van der Waals surface area contributed by atoms with Gasteiger partial charge < -0.3 is 10.1 Å². The summed E-state index contributed by atoms with van der Waals surface area (Å²) in [5.74, 6) is 0.477. The maximum atomic E-state index is 12.2. The van der Waals surface area contributed by atoms with Crippen molar-refractivity contribution in [1.82, 2.24) is 5.32 Å². The zero-order valence-corrected chi connectivity index (χ0v) is 12.6. The average Bonchev–Trinajstić information content (AvgIpc) is 2.51. The van der Waals surface area contributed by atoms with Crippen LogP contribution in [0.3, 0.4) is 0 Å². The lowest BCUT2D eigenvalue weighted by molar-refractivity contribution is -0.128. The molecule has 0 saturated heterocycles. The van der Waals surface area contributed by atoms with Gasteiger partial charge in [0.25, 0.3) is 5.91 Å². The molecule has 0 aliphatic rings. The van der Waals surface area contributed by atoms with Crippen LogP contribution in [0.4, 0.5) is 0 Å². The van der Waals surface area contributed by atoms with Crippen molar-refractivity contribution in [3.8, 4) is 5.75 Å². The van der Waals surface area contributed by atoms with Gasteiger partial charge in [0.15, 0.2) is 6.10 Å². The number of carbonyl (C=O) groups is 1. The van der Waals surface area contributed by atoms with E-state index in [1.165, 1.54) is 0 Å². The molecule has 2 rings (SSSR count). The van der Waals surface area contributed by atoms with Gasteiger partial charge in [-0.3, -0.25) is 4.79 Å². The second kappa shape index (κ2) is 7.70. The molecule has 0 aliphatic carbocycles. The van der Waals surface area contributed by atoms with E-state index < -0.39 is 6.10 Å². The van der Waals surface area contributed by atoms with Crippen LogP contribution < -0.4 is 10.1 Å². The molecule has 3 nitrogen and oxygen atoms in total. The minimum atomic E-state index is -0.521. The standard InChI is InChI=1S/C17H18ClNO2/c1-2-16(21-15-10-6-9-14(18)11-15)17(20)19-12-13-7-4-3-5-8-13/h3-11,16H,2,12H2,1H3,(H,19,20). The number of amides is 1. The van der Waals surface area contributed by atoms with Crippen LogP contribution in [0.25, 0.3) is 0 Å². The number of hydrogen-bond acceptors (Lipinski definition) is 2. The van der Waals surface area contributed by atoms with E-state index in [0.29, 0.717) is 23.7 Å². The molecule has 0 aromatic heterocycles. The predicted molar refractivity (Wildman–Crippen MR) is 84.4 cm³/mol. The molecule has 21 heavy (non-hydrogen) atoms. The Morgan fingerprint density at radius 1 is 1.19 bits per heavy atom. The van der Waals surface area contributed by atoms with Crippen LogP contribution in [-0.4, -0.2) is 12.0 Å². The largest absolute Gasteiger partial charge is 0.481 e. The summed E-state index contributed by atoms with van der Waals surface area (Å²) < 4.78 is 5.70. The quantitative estimate of drug-likeness (QED) is 0.881. The van der Waals surface area contributed by atoms with Crippen LogP contribution in [0.2, 0.25) is 5.02 Å². The molecule has 0 spiro atoms. The Morgan fingerprint density at radius 3 is 2.62 bits per heavy atom. The summed E-state index contributed by atoms with van der Waals surface area (Å²) in [4.78, 5) is 12.2. The van der Waals surface area contributed by atoms with E-state index in [0.717, 1.165) is 5.56 Å². The van der Waals surface area contributed by atoms with Crippen LogP contribution in [0.5, 0.6) is 5.75 Å². The SMILES string of the molecule is CCC(Oc1cccc(Cl)c1)C(=O)NCc1ccccc1. The van der Waals surface area contributed by atoms with Gasteiger partial charge in [-0.25, -0.2) is 0 Å². The van der Waals surface area contributed by atoms with Crippen molar-refractivity contribution in [2.24, 2.45) is 0 Å². The highest BCUT2D eigenvalue weighted by molar-refractivity contribution is 6.30. The van der Waals surface area contributed by atoms with Crippen molar-refractivity contribution >= 4 is 17.5 Å². The van der Waals surface area contributed by atoms with E-state index >= 15 is 0 Å². The molecular weight excluding hydrogens is 286 g/mol. The summed E-state index contributed by atoms with van der Waals surface area (Å²) in [6.45, 7) is 2.41. The van der Waals surface area contributed by atoms with Gasteiger partial charge in [-0.2, -0.15) is 0 Å². The number of hydrogen-bond donors (Lipinski definition) is 1. The summed E-state index contributed by atoms with van der Waals surface area (Å²) in [6, 6.07) is 16.8. The first-order valence-corrected chi connectivity index (χ1v) is 7.30. The van der Waals surface area contributed by atoms with Gasteiger partial charge in [-0.15, -0.1) is 0 Å². The fourth-order valence-electron chi connectivity index (χ4n) is 1.93. The molecule has 0 aliphatic heterocycles. The monoisotopic (exact) mass is 303 g/mol. The Morgan fingerprint density at radius 2 is 1.95 bits per heavy atom. The molecular formula is C17H18ClNO2. The summed E-state index contributed by atoms with van der Waals surface area (Å²) in [5.41, 5.74) is 1.06. The van der Waals surface area contributed by atoms with E-state index in [-0.39, 0.29) is 5.91 Å². The van der Waals surface area contributed by atoms with Crippen LogP contribution in [0.15, 0.2) is 54.6 Å². The van der Waals surface area contributed by atoms with Gasteiger partial charge in [-0.05, 0) is 30.2 Å². The second-order valence-corrected chi connectivity index (χ2v) is 5.11. The number of carbonyl (C=O) groups excluding carboxylic acids is 1. The molecule has 2 aromatic rings. The molecule has 110 valence electrons. The molecule has 1 atom stereocenters. The van der Waals surface area contributed by atoms with Crippen LogP contribution >= 0.6 is 11.6 Å². The fraction of sp³-hybridized carbons (Fsp3) is 0.235. The molecule has 0 heterocycles. The van der Waals surface area contributed by atoms with Gasteiger partial charge in [0, 0.05) is 11.6 Å². The van der Waals surface area contributed by atoms with E-state index in [2.05, 4.69) is 5.32 Å². The highest BCUT2D eigenvalue weighted by Crippen LogP contribution is 2.19. The molecule has 1 N–H and O–H groups in total. The number of rotatable bonds is 6. The Labute approximate surface area is 129 Å². The molecule has 1 amide bonds. The van der Waals surface area contributed by atoms with E-state index in [4.69, 9.17) is 16.3 Å². The highest BCUT2D eigenvalue weighted by atomic mass is 35.5. The maximum Gasteiger partial charge on any atom is 0.261 e. The lowest BCUT2D eigenvalue weighted by Crippen LogP contribution is -2.37. The van der Waals surface area contributed by atoms with Crippen LogP contribution in [0.1, 0.15) is 18.9 Å². The molecule has 0 radical (unpaired) electrons. The smallest absolute Gasteiger partial charge is 0.261 e. The highest BCUT2D eigenvalue weighted by Gasteiger charge is 2.18. The van der Waals surface area contributed by atoms with Crippen LogP contribution in [0, 0.1) is 0 Å². The first kappa shape index (κ1) is 15.4. The zero-order chi connectivity index (χ0) is 15.1. The predicted octanol–water partition coefficient (Wildman–Crippen LogP) is 3.81. The molecule has 0 fully saturated rings. The molecule has 0 bridgehead atoms. The Hall–Kier alpha value is -2.00. The minimum absolute atomic E-state index is 0.124. The van der Waals surface area contributed by atoms with Crippen molar-refractivity contribution in [2.75, 3.05) is 0 Å². The first-order valence-electron chi connectivity index (χ1n) is 6.93. The molecule has 2 aromatic carbocycles. The van der Waals surface area contributed by atoms with E-state index in [1.54, 1.807) is 24.3 Å². The lowest BCUT2D eigenvalue weighted by atomic mass is 10.2. The lowest BCUT2D eigenvalue weighted by Gasteiger charge is -2.17. The third-order valence-corrected chi connectivity index (χ3v) is 3.28. The van der Waals surface area contributed by atoms with Crippen molar-refractivity contribution in [3.05, 3.63) is 65.2 Å². The molecule has 4 heteroatoms. The van der Waals surface area contributed by atoms with Gasteiger partial charge >= 0.3 is 0 Å². The third-order valence-electron chi connectivity index (χ3n) is 3.05. The normalized spacial score (nSPS) is 11.7. The average molecular weight is 304 g/mol. The number of benzene rings is 2. The van der Waals surface area contributed by atoms with Gasteiger partial charge in [-0.1, -0.05) is 54.9 Å². The Balaban J connectivity index is 1.92. The maximum absolute atomic E-state index is 12.2. The summed E-state index contributed by atoms with van der Waals surface area (Å²) in [6.07, 6.45) is 0.0693. The van der Waals surface area contributed by atoms with Crippen LogP contribution in [-0.2, 0) is 11.3 Å².